The third-order valence-electron chi connectivity index (χ3n) is 3.95. The SMILES string of the molecule is CCN(CC)CCOc1cccc(/C=C(\C#N)c2ccccc2)c1.Cl. The average molecular weight is 357 g/mol. The van der Waals surface area contributed by atoms with Gasteiger partial charge in [0.25, 0.3) is 0 Å². The molecule has 0 saturated carbocycles. The molecule has 3 nitrogen and oxygen atoms in total. The zero-order valence-corrected chi connectivity index (χ0v) is 15.6. The number of nitriles is 1. The number of rotatable bonds is 8. The Morgan fingerprint density at radius 2 is 1.80 bits per heavy atom. The van der Waals surface area contributed by atoms with Crippen LogP contribution in [0.15, 0.2) is 54.6 Å². The Morgan fingerprint density at radius 3 is 2.44 bits per heavy atom. The predicted octanol–water partition coefficient (Wildman–Crippen LogP) is 4.89. The van der Waals surface area contributed by atoms with Crippen LogP contribution >= 0.6 is 12.4 Å². The molecule has 0 amide bonds. The van der Waals surface area contributed by atoms with Crippen LogP contribution in [-0.4, -0.2) is 31.1 Å². The van der Waals surface area contributed by atoms with E-state index in [4.69, 9.17) is 4.74 Å². The molecule has 0 bridgehead atoms. The summed E-state index contributed by atoms with van der Waals surface area (Å²) in [6.45, 7) is 7.96. The van der Waals surface area contributed by atoms with E-state index in [0.717, 1.165) is 36.5 Å². The molecule has 0 radical (unpaired) electrons. The van der Waals surface area contributed by atoms with Crippen molar-refractivity contribution >= 4 is 24.1 Å². The van der Waals surface area contributed by atoms with Crippen LogP contribution in [0.2, 0.25) is 0 Å². The summed E-state index contributed by atoms with van der Waals surface area (Å²) in [4.78, 5) is 2.33. The van der Waals surface area contributed by atoms with Crippen molar-refractivity contribution in [3.05, 3.63) is 65.7 Å². The summed E-state index contributed by atoms with van der Waals surface area (Å²) in [5, 5.41) is 9.41. The van der Waals surface area contributed by atoms with Crippen molar-refractivity contribution in [2.24, 2.45) is 0 Å². The van der Waals surface area contributed by atoms with Gasteiger partial charge in [-0.1, -0.05) is 56.3 Å². The van der Waals surface area contributed by atoms with Gasteiger partial charge in [0.15, 0.2) is 0 Å². The second-order valence-electron chi connectivity index (χ2n) is 5.48. The Kier molecular flexibility index (Phi) is 9.39. The first-order chi connectivity index (χ1) is 11.8. The maximum absolute atomic E-state index is 9.41. The molecule has 0 spiro atoms. The van der Waals surface area contributed by atoms with Crippen molar-refractivity contribution in [2.45, 2.75) is 13.8 Å². The Hall–Kier alpha value is -2.28. The van der Waals surface area contributed by atoms with Crippen LogP contribution in [-0.2, 0) is 0 Å². The normalized spacial score (nSPS) is 10.9. The Balaban J connectivity index is 0.00000312. The number of halogens is 1. The molecular weight excluding hydrogens is 332 g/mol. The largest absolute Gasteiger partial charge is 0.492 e. The molecule has 0 fully saturated rings. The molecular formula is C21H25ClN2O. The van der Waals surface area contributed by atoms with Gasteiger partial charge < -0.3 is 9.64 Å². The van der Waals surface area contributed by atoms with E-state index >= 15 is 0 Å². The molecule has 0 aromatic heterocycles. The van der Waals surface area contributed by atoms with Crippen LogP contribution in [0.25, 0.3) is 11.6 Å². The summed E-state index contributed by atoms with van der Waals surface area (Å²) in [5.74, 6) is 0.834. The van der Waals surface area contributed by atoms with E-state index in [-0.39, 0.29) is 12.4 Å². The van der Waals surface area contributed by atoms with E-state index in [1.807, 2.05) is 60.7 Å². The van der Waals surface area contributed by atoms with Crippen LogP contribution in [0.4, 0.5) is 0 Å². The smallest absolute Gasteiger partial charge is 0.119 e. The molecule has 0 aliphatic carbocycles. The molecule has 0 aliphatic rings. The maximum Gasteiger partial charge on any atom is 0.119 e. The van der Waals surface area contributed by atoms with Gasteiger partial charge in [-0.15, -0.1) is 12.4 Å². The first-order valence-corrected chi connectivity index (χ1v) is 8.39. The third-order valence-corrected chi connectivity index (χ3v) is 3.95. The molecule has 0 unspecified atom stereocenters. The Morgan fingerprint density at radius 1 is 1.08 bits per heavy atom. The van der Waals surface area contributed by atoms with E-state index in [2.05, 4.69) is 24.8 Å². The molecule has 2 aromatic rings. The molecule has 0 saturated heterocycles. The van der Waals surface area contributed by atoms with Crippen LogP contribution in [0, 0.1) is 11.3 Å². The lowest BCUT2D eigenvalue weighted by atomic mass is 10.0. The van der Waals surface area contributed by atoms with Gasteiger partial charge in [-0.3, -0.25) is 0 Å². The Labute approximate surface area is 157 Å². The number of ether oxygens (including phenoxy) is 1. The summed E-state index contributed by atoms with van der Waals surface area (Å²) in [7, 11) is 0. The lowest BCUT2D eigenvalue weighted by Gasteiger charge is -2.18. The fourth-order valence-corrected chi connectivity index (χ4v) is 2.49. The molecule has 0 aliphatic heterocycles. The fourth-order valence-electron chi connectivity index (χ4n) is 2.49. The topological polar surface area (TPSA) is 36.3 Å². The van der Waals surface area contributed by atoms with E-state index < -0.39 is 0 Å². The molecule has 0 N–H and O–H groups in total. The van der Waals surface area contributed by atoms with Crippen molar-refractivity contribution in [1.29, 1.82) is 5.26 Å². The summed E-state index contributed by atoms with van der Waals surface area (Å²) < 4.78 is 5.85. The monoisotopic (exact) mass is 356 g/mol. The minimum absolute atomic E-state index is 0. The molecule has 132 valence electrons. The van der Waals surface area contributed by atoms with E-state index in [1.54, 1.807) is 0 Å². The lowest BCUT2D eigenvalue weighted by Crippen LogP contribution is -2.27. The van der Waals surface area contributed by atoms with Gasteiger partial charge in [0.2, 0.25) is 0 Å². The fraction of sp³-hybridized carbons (Fsp3) is 0.286. The number of benzene rings is 2. The second kappa shape index (κ2) is 11.3. The van der Waals surface area contributed by atoms with E-state index in [9.17, 15) is 5.26 Å². The minimum Gasteiger partial charge on any atom is -0.492 e. The predicted molar refractivity (Wildman–Crippen MR) is 107 cm³/mol. The minimum atomic E-state index is 0. The summed E-state index contributed by atoms with van der Waals surface area (Å²) >= 11 is 0. The zero-order valence-electron chi connectivity index (χ0n) is 14.8. The van der Waals surface area contributed by atoms with Crippen LogP contribution in [0.5, 0.6) is 5.75 Å². The molecule has 4 heteroatoms. The van der Waals surface area contributed by atoms with Crippen molar-refractivity contribution in [3.63, 3.8) is 0 Å². The number of hydrogen-bond acceptors (Lipinski definition) is 3. The highest BCUT2D eigenvalue weighted by Crippen LogP contribution is 2.20. The van der Waals surface area contributed by atoms with Crippen LogP contribution in [0.3, 0.4) is 0 Å². The molecule has 2 aromatic carbocycles. The average Bonchev–Trinajstić information content (AvgIpc) is 2.64. The standard InChI is InChI=1S/C21H24N2O.ClH/c1-3-23(4-2)13-14-24-21-12-8-9-18(16-21)15-20(17-22)19-10-6-5-7-11-19;/h5-12,15-16H,3-4,13-14H2,1-2H3;1H/b20-15+;. The van der Waals surface area contributed by atoms with Crippen molar-refractivity contribution in [2.75, 3.05) is 26.2 Å². The summed E-state index contributed by atoms with van der Waals surface area (Å²) in [5.41, 5.74) is 2.54. The van der Waals surface area contributed by atoms with Crippen LogP contribution in [0.1, 0.15) is 25.0 Å². The molecule has 2 rings (SSSR count). The van der Waals surface area contributed by atoms with Crippen LogP contribution < -0.4 is 4.74 Å². The maximum atomic E-state index is 9.41. The molecule has 25 heavy (non-hydrogen) atoms. The highest BCUT2D eigenvalue weighted by molar-refractivity contribution is 5.89. The molecule has 0 heterocycles. The quantitative estimate of drug-likeness (QED) is 0.499. The van der Waals surface area contributed by atoms with Gasteiger partial charge in [0, 0.05) is 6.54 Å². The number of hydrogen-bond donors (Lipinski definition) is 0. The first kappa shape index (κ1) is 20.8. The summed E-state index contributed by atoms with van der Waals surface area (Å²) in [6, 6.07) is 19.9. The summed E-state index contributed by atoms with van der Waals surface area (Å²) in [6.07, 6.45) is 1.90. The second-order valence-corrected chi connectivity index (χ2v) is 5.48. The third kappa shape index (κ3) is 6.62. The van der Waals surface area contributed by atoms with Crippen molar-refractivity contribution in [1.82, 2.24) is 4.90 Å². The first-order valence-electron chi connectivity index (χ1n) is 8.39. The highest BCUT2D eigenvalue weighted by Gasteiger charge is 2.02. The lowest BCUT2D eigenvalue weighted by molar-refractivity contribution is 0.223. The Bertz CT molecular complexity index is 703. The number of allylic oxidation sites excluding steroid dienone is 1. The van der Waals surface area contributed by atoms with Crippen molar-refractivity contribution < 1.29 is 4.74 Å². The number of likely N-dealkylation sites (N-methyl/N-ethyl adjacent to an activating group) is 1. The van der Waals surface area contributed by atoms with Gasteiger partial charge in [0.1, 0.15) is 12.4 Å². The molecule has 0 atom stereocenters. The van der Waals surface area contributed by atoms with E-state index in [1.165, 1.54) is 0 Å². The van der Waals surface area contributed by atoms with E-state index in [0.29, 0.717) is 12.2 Å². The van der Waals surface area contributed by atoms with Gasteiger partial charge in [-0.2, -0.15) is 5.26 Å². The van der Waals surface area contributed by atoms with Gasteiger partial charge >= 0.3 is 0 Å². The van der Waals surface area contributed by atoms with Gasteiger partial charge in [-0.05, 0) is 42.4 Å². The number of nitrogens with zero attached hydrogens (tertiary/aromatic N) is 2. The zero-order chi connectivity index (χ0) is 17.2. The van der Waals surface area contributed by atoms with Gasteiger partial charge in [-0.25, -0.2) is 0 Å². The van der Waals surface area contributed by atoms with Crippen molar-refractivity contribution in [3.8, 4) is 11.8 Å². The van der Waals surface area contributed by atoms with Gasteiger partial charge in [0.05, 0.1) is 11.6 Å². The highest BCUT2D eigenvalue weighted by atomic mass is 35.5.